The van der Waals surface area contributed by atoms with Gasteiger partial charge in [-0.15, -0.1) is 0 Å². The van der Waals surface area contributed by atoms with Gasteiger partial charge in [-0.2, -0.15) is 0 Å². The third-order valence-corrected chi connectivity index (χ3v) is 4.51. The smallest absolute Gasteiger partial charge is 0.263 e. The standard InChI is InChI=1S/C14H12ClFN2O3S/c1-9(19)17-11-3-5-12(6-4-11)18-22(20,21)14-7-2-10(16)8-13(14)15/h2-8,18H,1H3,(H,17,19). The van der Waals surface area contributed by atoms with Crippen molar-refractivity contribution >= 4 is 38.9 Å². The minimum Gasteiger partial charge on any atom is -0.326 e. The number of hydrogen-bond donors (Lipinski definition) is 2. The molecule has 8 heteroatoms. The summed E-state index contributed by atoms with van der Waals surface area (Å²) in [6.07, 6.45) is 0. The first-order chi connectivity index (χ1) is 10.3. The summed E-state index contributed by atoms with van der Waals surface area (Å²) in [4.78, 5) is 10.7. The van der Waals surface area contributed by atoms with Gasteiger partial charge in [0.25, 0.3) is 10.0 Å². The Bertz CT molecular complexity index is 807. The molecule has 2 aromatic carbocycles. The van der Waals surface area contributed by atoms with Crippen LogP contribution in [0.2, 0.25) is 5.02 Å². The molecule has 0 spiro atoms. The lowest BCUT2D eigenvalue weighted by Gasteiger charge is -2.10. The molecule has 0 radical (unpaired) electrons. The van der Waals surface area contributed by atoms with Crippen LogP contribution >= 0.6 is 11.6 Å². The maximum Gasteiger partial charge on any atom is 0.263 e. The zero-order valence-corrected chi connectivity index (χ0v) is 13.0. The maximum absolute atomic E-state index is 13.0. The van der Waals surface area contributed by atoms with Crippen molar-refractivity contribution in [1.29, 1.82) is 0 Å². The predicted octanol–water partition coefficient (Wildman–Crippen LogP) is 3.24. The summed E-state index contributed by atoms with van der Waals surface area (Å²) >= 11 is 5.76. The van der Waals surface area contributed by atoms with Gasteiger partial charge in [0.15, 0.2) is 0 Å². The van der Waals surface area contributed by atoms with Crippen LogP contribution in [0.3, 0.4) is 0 Å². The number of carbonyl (C=O) groups excluding carboxylic acids is 1. The summed E-state index contributed by atoms with van der Waals surface area (Å²) in [6, 6.07) is 9.10. The van der Waals surface area contributed by atoms with Crippen LogP contribution in [-0.2, 0) is 14.8 Å². The van der Waals surface area contributed by atoms with Crippen molar-refractivity contribution in [3.05, 3.63) is 53.3 Å². The Morgan fingerprint density at radius 2 is 1.68 bits per heavy atom. The van der Waals surface area contributed by atoms with E-state index in [9.17, 15) is 17.6 Å². The molecule has 0 heterocycles. The number of sulfonamides is 1. The lowest BCUT2D eigenvalue weighted by molar-refractivity contribution is -0.114. The highest BCUT2D eigenvalue weighted by Crippen LogP contribution is 2.25. The molecule has 0 atom stereocenters. The van der Waals surface area contributed by atoms with Crippen molar-refractivity contribution in [2.45, 2.75) is 11.8 Å². The molecular weight excluding hydrogens is 331 g/mol. The number of hydrogen-bond acceptors (Lipinski definition) is 3. The van der Waals surface area contributed by atoms with E-state index in [-0.39, 0.29) is 21.5 Å². The van der Waals surface area contributed by atoms with E-state index in [4.69, 9.17) is 11.6 Å². The van der Waals surface area contributed by atoms with Crippen LogP contribution in [0.4, 0.5) is 15.8 Å². The summed E-state index contributed by atoms with van der Waals surface area (Å²) in [6.45, 7) is 1.37. The molecule has 0 aliphatic rings. The van der Waals surface area contributed by atoms with E-state index in [1.165, 1.54) is 19.1 Å². The molecular formula is C14H12ClFN2O3S. The third kappa shape index (κ3) is 3.96. The van der Waals surface area contributed by atoms with Crippen LogP contribution in [0.25, 0.3) is 0 Å². The Labute approximate surface area is 132 Å². The fourth-order valence-electron chi connectivity index (χ4n) is 1.73. The topological polar surface area (TPSA) is 75.3 Å². The molecule has 5 nitrogen and oxygen atoms in total. The van der Waals surface area contributed by atoms with Crippen LogP contribution in [0.15, 0.2) is 47.4 Å². The largest absolute Gasteiger partial charge is 0.326 e. The highest BCUT2D eigenvalue weighted by atomic mass is 35.5. The zero-order chi connectivity index (χ0) is 16.3. The van der Waals surface area contributed by atoms with Gasteiger partial charge in [0.2, 0.25) is 5.91 Å². The average molecular weight is 343 g/mol. The summed E-state index contributed by atoms with van der Waals surface area (Å²) in [7, 11) is -3.93. The molecule has 0 unspecified atom stereocenters. The number of carbonyl (C=O) groups is 1. The number of benzene rings is 2. The van der Waals surface area contributed by atoms with Crippen molar-refractivity contribution < 1.29 is 17.6 Å². The van der Waals surface area contributed by atoms with Gasteiger partial charge in [-0.1, -0.05) is 11.6 Å². The molecule has 1 amide bonds. The van der Waals surface area contributed by atoms with Gasteiger partial charge < -0.3 is 5.32 Å². The summed E-state index contributed by atoms with van der Waals surface area (Å²) in [5.41, 5.74) is 0.824. The van der Waals surface area contributed by atoms with E-state index in [1.807, 2.05) is 0 Å². The average Bonchev–Trinajstić information content (AvgIpc) is 2.39. The lowest BCUT2D eigenvalue weighted by atomic mass is 10.3. The quantitative estimate of drug-likeness (QED) is 0.895. The van der Waals surface area contributed by atoms with Crippen LogP contribution in [0.5, 0.6) is 0 Å². The molecule has 0 fully saturated rings. The zero-order valence-electron chi connectivity index (χ0n) is 11.4. The number of amides is 1. The Balaban J connectivity index is 2.23. The molecule has 0 aliphatic heterocycles. The molecule has 0 saturated heterocycles. The van der Waals surface area contributed by atoms with Crippen LogP contribution in [0.1, 0.15) is 6.92 Å². The summed E-state index contributed by atoms with van der Waals surface area (Å²) < 4.78 is 39.7. The highest BCUT2D eigenvalue weighted by Gasteiger charge is 2.18. The van der Waals surface area contributed by atoms with Crippen molar-refractivity contribution in [3.8, 4) is 0 Å². The molecule has 0 aliphatic carbocycles. The van der Waals surface area contributed by atoms with Crippen molar-refractivity contribution in [2.24, 2.45) is 0 Å². The Morgan fingerprint density at radius 1 is 1.09 bits per heavy atom. The normalized spacial score (nSPS) is 11.0. The predicted molar refractivity (Wildman–Crippen MR) is 83.0 cm³/mol. The highest BCUT2D eigenvalue weighted by molar-refractivity contribution is 7.92. The lowest BCUT2D eigenvalue weighted by Crippen LogP contribution is -2.13. The van der Waals surface area contributed by atoms with Crippen molar-refractivity contribution in [3.63, 3.8) is 0 Å². The molecule has 22 heavy (non-hydrogen) atoms. The van der Waals surface area contributed by atoms with Crippen LogP contribution in [0, 0.1) is 5.82 Å². The number of halogens is 2. The first kappa shape index (κ1) is 16.3. The van der Waals surface area contributed by atoms with Gasteiger partial charge in [0.1, 0.15) is 10.7 Å². The van der Waals surface area contributed by atoms with Gasteiger partial charge in [0.05, 0.1) is 5.02 Å². The molecule has 116 valence electrons. The molecule has 0 bridgehead atoms. The summed E-state index contributed by atoms with van der Waals surface area (Å²) in [5.74, 6) is -0.852. The number of nitrogens with one attached hydrogen (secondary N) is 2. The van der Waals surface area contributed by atoms with Gasteiger partial charge in [0, 0.05) is 18.3 Å². The van der Waals surface area contributed by atoms with E-state index < -0.39 is 15.8 Å². The Morgan fingerprint density at radius 3 is 2.23 bits per heavy atom. The van der Waals surface area contributed by atoms with Gasteiger partial charge in [-0.05, 0) is 42.5 Å². The van der Waals surface area contributed by atoms with Crippen LogP contribution < -0.4 is 10.0 Å². The van der Waals surface area contributed by atoms with E-state index >= 15 is 0 Å². The maximum atomic E-state index is 13.0. The first-order valence-electron chi connectivity index (χ1n) is 6.13. The van der Waals surface area contributed by atoms with Gasteiger partial charge in [-0.3, -0.25) is 9.52 Å². The summed E-state index contributed by atoms with van der Waals surface area (Å²) in [5, 5.41) is 2.36. The van der Waals surface area contributed by atoms with E-state index in [0.717, 1.165) is 18.2 Å². The minimum atomic E-state index is -3.93. The van der Waals surface area contributed by atoms with E-state index in [1.54, 1.807) is 12.1 Å². The van der Waals surface area contributed by atoms with Gasteiger partial charge in [-0.25, -0.2) is 12.8 Å². The second kappa shape index (κ2) is 6.33. The fourth-order valence-corrected chi connectivity index (χ4v) is 3.32. The number of anilines is 2. The fraction of sp³-hybridized carbons (Fsp3) is 0.0714. The van der Waals surface area contributed by atoms with E-state index in [2.05, 4.69) is 10.0 Å². The minimum absolute atomic E-state index is 0.206. The van der Waals surface area contributed by atoms with Crippen molar-refractivity contribution in [1.82, 2.24) is 0 Å². The Kier molecular flexibility index (Phi) is 4.68. The molecule has 2 aromatic rings. The first-order valence-corrected chi connectivity index (χ1v) is 7.99. The van der Waals surface area contributed by atoms with Gasteiger partial charge >= 0.3 is 0 Å². The molecule has 2 rings (SSSR count). The molecule has 0 saturated carbocycles. The SMILES string of the molecule is CC(=O)Nc1ccc(NS(=O)(=O)c2ccc(F)cc2Cl)cc1. The Hall–Kier alpha value is -2.12. The van der Waals surface area contributed by atoms with Crippen molar-refractivity contribution in [2.75, 3.05) is 10.0 Å². The van der Waals surface area contributed by atoms with Crippen LogP contribution in [-0.4, -0.2) is 14.3 Å². The number of rotatable bonds is 4. The van der Waals surface area contributed by atoms with E-state index in [0.29, 0.717) is 5.69 Å². The monoisotopic (exact) mass is 342 g/mol. The third-order valence-electron chi connectivity index (χ3n) is 2.64. The second-order valence-electron chi connectivity index (χ2n) is 4.44. The second-order valence-corrected chi connectivity index (χ2v) is 6.50. The molecule has 0 aromatic heterocycles. The molecule has 2 N–H and O–H groups in total.